The summed E-state index contributed by atoms with van der Waals surface area (Å²) in [6.07, 6.45) is 5.20. The molecule has 0 aromatic rings. The van der Waals surface area contributed by atoms with E-state index in [1.165, 1.54) is 6.08 Å². The summed E-state index contributed by atoms with van der Waals surface area (Å²) in [4.78, 5) is 23.0. The van der Waals surface area contributed by atoms with Gasteiger partial charge >= 0.3 is 11.9 Å². The molecule has 0 aromatic heterocycles. The number of carbonyl (C=O) groups is 2. The standard InChI is InChI=1S/C15H22O4/c1-5-8-9-13(7-3)19-15(17)12(4)11-14(16)18-10-6-2/h6-7,13H,2-5,8-11H2,1H3. The van der Waals surface area contributed by atoms with Crippen LogP contribution in [-0.4, -0.2) is 24.6 Å². The zero-order valence-electron chi connectivity index (χ0n) is 11.5. The minimum absolute atomic E-state index is 0.0809. The van der Waals surface area contributed by atoms with Gasteiger partial charge in [-0.25, -0.2) is 4.79 Å². The van der Waals surface area contributed by atoms with Crippen LogP contribution in [0.1, 0.15) is 32.6 Å². The number of hydrogen-bond donors (Lipinski definition) is 0. The third kappa shape index (κ3) is 7.97. The van der Waals surface area contributed by atoms with Crippen molar-refractivity contribution < 1.29 is 19.1 Å². The monoisotopic (exact) mass is 266 g/mol. The summed E-state index contributed by atoms with van der Waals surface area (Å²) in [5.74, 6) is -1.11. The van der Waals surface area contributed by atoms with Crippen LogP contribution in [0.4, 0.5) is 0 Å². The Labute approximate surface area is 114 Å². The first-order valence-corrected chi connectivity index (χ1v) is 6.32. The molecular weight excluding hydrogens is 244 g/mol. The highest BCUT2D eigenvalue weighted by molar-refractivity contribution is 5.93. The number of rotatable bonds is 10. The van der Waals surface area contributed by atoms with Crippen LogP contribution in [0.25, 0.3) is 0 Å². The molecule has 0 aromatic carbocycles. The van der Waals surface area contributed by atoms with Gasteiger partial charge in [0.05, 0.1) is 6.42 Å². The average Bonchev–Trinajstić information content (AvgIpc) is 2.40. The van der Waals surface area contributed by atoms with Crippen LogP contribution >= 0.6 is 0 Å². The molecule has 0 aliphatic rings. The zero-order valence-corrected chi connectivity index (χ0v) is 11.5. The molecule has 0 spiro atoms. The molecule has 19 heavy (non-hydrogen) atoms. The molecule has 1 unspecified atom stereocenters. The predicted octanol–water partition coefficient (Wildman–Crippen LogP) is 2.95. The Bertz CT molecular complexity index is 344. The Morgan fingerprint density at radius 2 is 2.00 bits per heavy atom. The predicted molar refractivity (Wildman–Crippen MR) is 74.5 cm³/mol. The number of esters is 2. The summed E-state index contributed by atoms with van der Waals surface area (Å²) in [5.41, 5.74) is 0.0809. The third-order valence-corrected chi connectivity index (χ3v) is 2.37. The maximum Gasteiger partial charge on any atom is 0.334 e. The van der Waals surface area contributed by atoms with E-state index in [9.17, 15) is 9.59 Å². The Morgan fingerprint density at radius 3 is 2.53 bits per heavy atom. The van der Waals surface area contributed by atoms with Crippen LogP contribution in [0.5, 0.6) is 0 Å². The van der Waals surface area contributed by atoms with Crippen molar-refractivity contribution in [3.8, 4) is 0 Å². The minimum Gasteiger partial charge on any atom is -0.461 e. The lowest BCUT2D eigenvalue weighted by atomic mass is 10.1. The highest BCUT2D eigenvalue weighted by atomic mass is 16.5. The van der Waals surface area contributed by atoms with Gasteiger partial charge in [0.1, 0.15) is 12.7 Å². The van der Waals surface area contributed by atoms with Gasteiger partial charge in [-0.2, -0.15) is 0 Å². The van der Waals surface area contributed by atoms with Gasteiger partial charge in [0.25, 0.3) is 0 Å². The van der Waals surface area contributed by atoms with Crippen LogP contribution in [0, 0.1) is 0 Å². The molecule has 4 heteroatoms. The Hall–Kier alpha value is -1.84. The quantitative estimate of drug-likeness (QED) is 0.346. The molecule has 0 rings (SSSR count). The van der Waals surface area contributed by atoms with Crippen LogP contribution in [0.3, 0.4) is 0 Å². The van der Waals surface area contributed by atoms with Gasteiger partial charge in [-0.1, -0.05) is 45.2 Å². The summed E-state index contributed by atoms with van der Waals surface area (Å²) < 4.78 is 9.95. The maximum atomic E-state index is 11.7. The average molecular weight is 266 g/mol. The zero-order chi connectivity index (χ0) is 14.7. The molecular formula is C15H22O4. The summed E-state index contributed by atoms with van der Waals surface area (Å²) in [7, 11) is 0. The van der Waals surface area contributed by atoms with Gasteiger partial charge < -0.3 is 9.47 Å². The molecule has 0 aliphatic heterocycles. The van der Waals surface area contributed by atoms with Crippen molar-refractivity contribution >= 4 is 11.9 Å². The lowest BCUT2D eigenvalue weighted by Crippen LogP contribution is -2.19. The van der Waals surface area contributed by atoms with E-state index in [1.807, 2.05) is 0 Å². The van der Waals surface area contributed by atoms with Gasteiger partial charge in [0.2, 0.25) is 0 Å². The second kappa shape index (κ2) is 10.1. The second-order valence-corrected chi connectivity index (χ2v) is 4.07. The van der Waals surface area contributed by atoms with Crippen molar-refractivity contribution in [2.75, 3.05) is 6.61 Å². The molecule has 0 radical (unpaired) electrons. The summed E-state index contributed by atoms with van der Waals surface area (Å²) in [5, 5.41) is 0. The van der Waals surface area contributed by atoms with E-state index in [0.717, 1.165) is 19.3 Å². The Morgan fingerprint density at radius 1 is 1.32 bits per heavy atom. The van der Waals surface area contributed by atoms with Gasteiger partial charge in [0, 0.05) is 5.57 Å². The Kier molecular flexibility index (Phi) is 9.14. The molecule has 0 aliphatic carbocycles. The number of ether oxygens (including phenoxy) is 2. The highest BCUT2D eigenvalue weighted by Crippen LogP contribution is 2.10. The first-order valence-electron chi connectivity index (χ1n) is 6.32. The summed E-state index contributed by atoms with van der Waals surface area (Å²) in [6, 6.07) is 0. The number of carbonyl (C=O) groups excluding carboxylic acids is 2. The van der Waals surface area contributed by atoms with E-state index in [4.69, 9.17) is 9.47 Å². The second-order valence-electron chi connectivity index (χ2n) is 4.07. The molecule has 0 saturated heterocycles. The van der Waals surface area contributed by atoms with E-state index < -0.39 is 11.9 Å². The fraction of sp³-hybridized carbons (Fsp3) is 0.467. The first kappa shape index (κ1) is 17.2. The fourth-order valence-corrected chi connectivity index (χ4v) is 1.30. The summed E-state index contributed by atoms with van der Waals surface area (Å²) >= 11 is 0. The topological polar surface area (TPSA) is 52.6 Å². The molecule has 0 N–H and O–H groups in total. The van der Waals surface area contributed by atoms with Crippen molar-refractivity contribution in [1.29, 1.82) is 0 Å². The van der Waals surface area contributed by atoms with E-state index in [0.29, 0.717) is 0 Å². The third-order valence-electron chi connectivity index (χ3n) is 2.37. The molecule has 1 atom stereocenters. The molecule has 0 saturated carbocycles. The summed E-state index contributed by atoms with van der Waals surface area (Å²) in [6.45, 7) is 12.7. The van der Waals surface area contributed by atoms with E-state index >= 15 is 0 Å². The molecule has 0 amide bonds. The number of unbranched alkanes of at least 4 members (excludes halogenated alkanes) is 1. The van der Waals surface area contributed by atoms with Crippen LogP contribution < -0.4 is 0 Å². The van der Waals surface area contributed by atoms with Crippen molar-refractivity contribution in [2.45, 2.75) is 38.7 Å². The molecule has 0 bridgehead atoms. The Balaban J connectivity index is 4.17. The van der Waals surface area contributed by atoms with Gasteiger partial charge in [-0.15, -0.1) is 0 Å². The first-order chi connectivity index (χ1) is 9.04. The molecule has 4 nitrogen and oxygen atoms in total. The van der Waals surface area contributed by atoms with Gasteiger partial charge in [0.15, 0.2) is 0 Å². The molecule has 0 heterocycles. The number of hydrogen-bond acceptors (Lipinski definition) is 4. The highest BCUT2D eigenvalue weighted by Gasteiger charge is 2.17. The minimum atomic E-state index is -0.587. The van der Waals surface area contributed by atoms with E-state index in [-0.39, 0.29) is 24.7 Å². The van der Waals surface area contributed by atoms with Crippen LogP contribution in [0.15, 0.2) is 37.5 Å². The fourth-order valence-electron chi connectivity index (χ4n) is 1.30. The van der Waals surface area contributed by atoms with Crippen molar-refractivity contribution in [1.82, 2.24) is 0 Å². The van der Waals surface area contributed by atoms with Crippen molar-refractivity contribution in [2.24, 2.45) is 0 Å². The smallest absolute Gasteiger partial charge is 0.334 e. The lowest BCUT2D eigenvalue weighted by molar-refractivity contribution is -0.147. The largest absolute Gasteiger partial charge is 0.461 e. The van der Waals surface area contributed by atoms with Crippen LogP contribution in [-0.2, 0) is 19.1 Å². The molecule has 106 valence electrons. The SMILES string of the molecule is C=CCOC(=O)CC(=C)C(=O)OC(C=C)CCCC. The lowest BCUT2D eigenvalue weighted by Gasteiger charge is -2.14. The van der Waals surface area contributed by atoms with E-state index in [2.05, 4.69) is 26.7 Å². The van der Waals surface area contributed by atoms with E-state index in [1.54, 1.807) is 6.08 Å². The maximum absolute atomic E-state index is 11.7. The van der Waals surface area contributed by atoms with Crippen molar-refractivity contribution in [3.05, 3.63) is 37.5 Å². The van der Waals surface area contributed by atoms with Crippen molar-refractivity contribution in [3.63, 3.8) is 0 Å². The molecule has 0 fully saturated rings. The van der Waals surface area contributed by atoms with Crippen LogP contribution in [0.2, 0.25) is 0 Å². The van der Waals surface area contributed by atoms with Gasteiger partial charge in [-0.05, 0) is 12.8 Å². The normalized spacial score (nSPS) is 11.2. The van der Waals surface area contributed by atoms with Gasteiger partial charge in [-0.3, -0.25) is 4.79 Å².